The molecule has 0 aliphatic heterocycles. The minimum absolute atomic E-state index is 0.175. The third-order valence-electron chi connectivity index (χ3n) is 1.69. The molecular weight excluding hydrogens is 261 g/mol. The first-order valence-corrected chi connectivity index (χ1v) is 4.76. The molecule has 0 fully saturated rings. The van der Waals surface area contributed by atoms with Gasteiger partial charge in [-0.15, -0.1) is 0 Å². The molecule has 1 rings (SSSR count). The third kappa shape index (κ3) is 1.78. The molecule has 0 bridgehead atoms. The Labute approximate surface area is 86.5 Å². The van der Waals surface area contributed by atoms with E-state index in [1.807, 2.05) is 25.1 Å². The summed E-state index contributed by atoms with van der Waals surface area (Å²) in [4.78, 5) is 0. The Morgan fingerprint density at radius 3 is 2.67 bits per heavy atom. The summed E-state index contributed by atoms with van der Waals surface area (Å²) in [6.45, 7) is 5.90. The van der Waals surface area contributed by atoms with Gasteiger partial charge in [0, 0.05) is 3.57 Å². The van der Waals surface area contributed by atoms with E-state index in [1.54, 1.807) is 0 Å². The van der Waals surface area contributed by atoms with E-state index >= 15 is 0 Å². The van der Waals surface area contributed by atoms with Crippen LogP contribution in [0.15, 0.2) is 18.2 Å². The van der Waals surface area contributed by atoms with Crippen LogP contribution < -0.4 is 0 Å². The maximum absolute atomic E-state index is 8.87. The second-order valence-corrected chi connectivity index (χ2v) is 3.88. The first-order valence-electron chi connectivity index (χ1n) is 3.68. The smallest absolute Gasteiger partial charge is 0.101 e. The molecule has 2 heteroatoms. The van der Waals surface area contributed by atoms with E-state index in [9.17, 15) is 0 Å². The topological polar surface area (TPSA) is 23.8 Å². The molecule has 0 heterocycles. The number of nitrogens with zero attached hydrogens (tertiary/aromatic N) is 1. The fourth-order valence-electron chi connectivity index (χ4n) is 1.07. The van der Waals surface area contributed by atoms with Crippen molar-refractivity contribution in [1.82, 2.24) is 0 Å². The Morgan fingerprint density at radius 1 is 1.58 bits per heavy atom. The number of hydrogen-bond acceptors (Lipinski definition) is 1. The number of hydrogen-bond donors (Lipinski definition) is 0. The van der Waals surface area contributed by atoms with E-state index in [0.717, 1.165) is 14.7 Å². The zero-order valence-electron chi connectivity index (χ0n) is 6.84. The molecule has 0 aromatic heterocycles. The molecule has 61 valence electrons. The molecule has 1 aromatic carbocycles. The molecule has 0 amide bonds. The van der Waals surface area contributed by atoms with Crippen LogP contribution in [0.4, 0.5) is 0 Å². The summed E-state index contributed by atoms with van der Waals surface area (Å²) < 4.78 is 1.00. The van der Waals surface area contributed by atoms with E-state index < -0.39 is 0 Å². The van der Waals surface area contributed by atoms with E-state index in [-0.39, 0.29) is 5.92 Å². The van der Waals surface area contributed by atoms with Crippen LogP contribution in [0.2, 0.25) is 0 Å². The fraction of sp³-hybridized carbons (Fsp3) is 0.200. The van der Waals surface area contributed by atoms with Crippen LogP contribution in [0.1, 0.15) is 24.0 Å². The van der Waals surface area contributed by atoms with Gasteiger partial charge in [-0.2, -0.15) is 5.26 Å². The second kappa shape index (κ2) is 3.90. The maximum Gasteiger partial charge on any atom is 0.101 e. The highest BCUT2D eigenvalue weighted by Crippen LogP contribution is 2.22. The van der Waals surface area contributed by atoms with Crippen molar-refractivity contribution in [2.45, 2.75) is 12.8 Å². The van der Waals surface area contributed by atoms with Crippen molar-refractivity contribution >= 4 is 22.6 Å². The van der Waals surface area contributed by atoms with E-state index in [0.29, 0.717) is 0 Å². The zero-order chi connectivity index (χ0) is 9.14. The molecule has 1 atom stereocenters. The van der Waals surface area contributed by atoms with Crippen molar-refractivity contribution in [3.8, 4) is 6.07 Å². The van der Waals surface area contributed by atoms with Gasteiger partial charge in [-0.3, -0.25) is 0 Å². The predicted octanol–water partition coefficient (Wildman–Crippen LogP) is 3.10. The lowest BCUT2D eigenvalue weighted by Crippen LogP contribution is -1.94. The summed E-state index contributed by atoms with van der Waals surface area (Å²) in [5.74, 6) is 0.175. The van der Waals surface area contributed by atoms with Gasteiger partial charge in [-0.25, -0.2) is 0 Å². The third-order valence-corrected chi connectivity index (χ3v) is 2.59. The fourth-order valence-corrected chi connectivity index (χ4v) is 1.71. The van der Waals surface area contributed by atoms with Crippen molar-refractivity contribution in [3.63, 3.8) is 0 Å². The maximum atomic E-state index is 8.87. The molecule has 1 aromatic rings. The Morgan fingerprint density at radius 2 is 2.25 bits per heavy atom. The van der Waals surface area contributed by atoms with Crippen LogP contribution in [0, 0.1) is 21.8 Å². The van der Waals surface area contributed by atoms with Crippen molar-refractivity contribution < 1.29 is 0 Å². The van der Waals surface area contributed by atoms with Crippen LogP contribution in [-0.4, -0.2) is 0 Å². The van der Waals surface area contributed by atoms with Crippen LogP contribution in [-0.2, 0) is 0 Å². The molecule has 0 saturated carbocycles. The highest BCUT2D eigenvalue weighted by molar-refractivity contribution is 14.1. The Hall–Kier alpha value is -0.560. The van der Waals surface area contributed by atoms with Gasteiger partial charge in [0.25, 0.3) is 0 Å². The summed E-state index contributed by atoms with van der Waals surface area (Å²) in [6.07, 6.45) is 0. The summed E-state index contributed by atoms with van der Waals surface area (Å²) >= 11 is 2.17. The van der Waals surface area contributed by atoms with Crippen LogP contribution >= 0.6 is 22.6 Å². The standard InChI is InChI=1S/C10H9IN/c1-7(2)8-4-3-5-10(11)9(8)6-12/h3-5,7H,1H2,2H3. The summed E-state index contributed by atoms with van der Waals surface area (Å²) in [5, 5.41) is 8.87. The highest BCUT2D eigenvalue weighted by atomic mass is 127. The largest absolute Gasteiger partial charge is 0.192 e. The molecule has 0 spiro atoms. The quantitative estimate of drug-likeness (QED) is 0.719. The van der Waals surface area contributed by atoms with Gasteiger partial charge in [0.15, 0.2) is 0 Å². The Kier molecular flexibility index (Phi) is 3.10. The number of benzene rings is 1. The average Bonchev–Trinajstić information content (AvgIpc) is 2.03. The monoisotopic (exact) mass is 270 g/mol. The SMILES string of the molecule is [CH2]C(C)c1cccc(I)c1C#N. The van der Waals surface area contributed by atoms with Gasteiger partial charge in [0.05, 0.1) is 5.56 Å². The normalized spacial score (nSPS) is 9.92. The second-order valence-electron chi connectivity index (χ2n) is 2.72. The van der Waals surface area contributed by atoms with Crippen molar-refractivity contribution in [1.29, 1.82) is 5.26 Å². The van der Waals surface area contributed by atoms with E-state index in [1.165, 1.54) is 0 Å². The average molecular weight is 270 g/mol. The molecule has 0 saturated heterocycles. The first kappa shape index (κ1) is 9.53. The minimum atomic E-state index is 0.175. The van der Waals surface area contributed by atoms with Crippen molar-refractivity contribution in [2.24, 2.45) is 0 Å². The van der Waals surface area contributed by atoms with Gasteiger partial charge in [-0.05, 0) is 47.1 Å². The highest BCUT2D eigenvalue weighted by Gasteiger charge is 2.08. The lowest BCUT2D eigenvalue weighted by Gasteiger charge is -2.07. The molecule has 0 aliphatic rings. The molecule has 12 heavy (non-hydrogen) atoms. The Balaban J connectivity index is 3.30. The molecule has 1 unspecified atom stereocenters. The van der Waals surface area contributed by atoms with Gasteiger partial charge in [0.2, 0.25) is 0 Å². The van der Waals surface area contributed by atoms with Crippen molar-refractivity contribution in [2.75, 3.05) is 0 Å². The molecule has 1 nitrogen and oxygen atoms in total. The molecule has 0 aliphatic carbocycles. The summed E-state index contributed by atoms with van der Waals surface area (Å²) in [5.41, 5.74) is 1.80. The number of rotatable bonds is 1. The van der Waals surface area contributed by atoms with Gasteiger partial charge < -0.3 is 0 Å². The molecule has 1 radical (unpaired) electrons. The number of nitriles is 1. The summed E-state index contributed by atoms with van der Waals surface area (Å²) in [7, 11) is 0. The number of halogens is 1. The lowest BCUT2D eigenvalue weighted by molar-refractivity contribution is 0.956. The molecule has 0 N–H and O–H groups in total. The van der Waals surface area contributed by atoms with Gasteiger partial charge in [-0.1, -0.05) is 19.1 Å². The minimum Gasteiger partial charge on any atom is -0.192 e. The predicted molar refractivity (Wildman–Crippen MR) is 57.6 cm³/mol. The van der Waals surface area contributed by atoms with Gasteiger partial charge in [0.1, 0.15) is 6.07 Å². The van der Waals surface area contributed by atoms with Crippen LogP contribution in [0.25, 0.3) is 0 Å². The van der Waals surface area contributed by atoms with Crippen LogP contribution in [0.3, 0.4) is 0 Å². The summed E-state index contributed by atoms with van der Waals surface area (Å²) in [6, 6.07) is 8.05. The first-order chi connectivity index (χ1) is 5.66. The Bertz CT molecular complexity index is 323. The van der Waals surface area contributed by atoms with Crippen LogP contribution in [0.5, 0.6) is 0 Å². The lowest BCUT2D eigenvalue weighted by atomic mass is 9.98. The zero-order valence-corrected chi connectivity index (χ0v) is 9.00. The molecular formula is C10H9IN. The van der Waals surface area contributed by atoms with E-state index in [4.69, 9.17) is 5.26 Å². The van der Waals surface area contributed by atoms with E-state index in [2.05, 4.69) is 35.6 Å². The van der Waals surface area contributed by atoms with Gasteiger partial charge >= 0.3 is 0 Å². The van der Waals surface area contributed by atoms with Crippen molar-refractivity contribution in [3.05, 3.63) is 39.8 Å².